The molecule has 2 rings (SSSR count). The predicted molar refractivity (Wildman–Crippen MR) is 77.3 cm³/mol. The molecule has 2 aliphatic carbocycles. The first-order chi connectivity index (χ1) is 14.2. The molecule has 0 aromatic carbocycles. The van der Waals surface area contributed by atoms with E-state index in [-0.39, 0.29) is 24.7 Å². The fraction of sp³-hybridized carbons (Fsp3) is 0.875. The van der Waals surface area contributed by atoms with Gasteiger partial charge in [0.2, 0.25) is 0 Å². The Balaban J connectivity index is 2.30. The predicted octanol–water partition coefficient (Wildman–Crippen LogP) is 6.35. The van der Waals surface area contributed by atoms with Crippen molar-refractivity contribution in [1.82, 2.24) is 0 Å². The molecule has 0 N–H and O–H groups in total. The Kier molecular flexibility index (Phi) is 6.89. The largest absolute Gasteiger partial charge is 0.458 e. The van der Waals surface area contributed by atoms with Crippen molar-refractivity contribution >= 4 is 0 Å². The maximum Gasteiger partial charge on any atom is 0.458 e. The molecule has 0 bridgehead atoms. The van der Waals surface area contributed by atoms with E-state index in [0.29, 0.717) is 12.8 Å². The fourth-order valence-corrected chi connectivity index (χ4v) is 3.14. The number of rotatable bonds is 9. The molecule has 0 aliphatic heterocycles. The lowest BCUT2D eigenvalue weighted by atomic mass is 9.98. The summed E-state index contributed by atoms with van der Waals surface area (Å²) in [6.45, 7) is -0.720. The number of fused-ring (bicyclic) bond motifs is 1. The minimum atomic E-state index is -7.26. The summed E-state index contributed by atoms with van der Waals surface area (Å²) in [5, 5.41) is 0. The molecule has 32 heavy (non-hydrogen) atoms. The second-order valence-corrected chi connectivity index (χ2v) is 7.46. The summed E-state index contributed by atoms with van der Waals surface area (Å²) in [5.74, 6) is -15.8. The number of halogens is 13. The van der Waals surface area contributed by atoms with E-state index in [0.717, 1.165) is 0 Å². The second kappa shape index (κ2) is 8.18. The Hall–Kier alpha value is -1.29. The van der Waals surface area contributed by atoms with Crippen molar-refractivity contribution in [2.45, 2.75) is 68.1 Å². The molecule has 0 radical (unpaired) electrons. The van der Waals surface area contributed by atoms with Crippen molar-refractivity contribution in [3.63, 3.8) is 0 Å². The normalized spacial score (nSPS) is 28.5. The minimum absolute atomic E-state index is 0.0316. The van der Waals surface area contributed by atoms with Gasteiger partial charge in [0.15, 0.2) is 5.83 Å². The first kappa shape index (κ1) is 27.0. The summed E-state index contributed by atoms with van der Waals surface area (Å²) in [6, 6.07) is 0. The summed E-state index contributed by atoms with van der Waals surface area (Å²) in [4.78, 5) is 0. The van der Waals surface area contributed by atoms with Crippen molar-refractivity contribution in [2.24, 2.45) is 11.8 Å². The van der Waals surface area contributed by atoms with Crippen molar-refractivity contribution in [2.75, 3.05) is 6.61 Å². The zero-order valence-corrected chi connectivity index (χ0v) is 15.6. The molecule has 3 nitrogen and oxygen atoms in total. The molecular weight excluding hydrogens is 487 g/mol. The van der Waals surface area contributed by atoms with E-state index >= 15 is 0 Å². The van der Waals surface area contributed by atoms with Gasteiger partial charge in [0.1, 0.15) is 6.61 Å². The summed E-state index contributed by atoms with van der Waals surface area (Å²) < 4.78 is 181. The van der Waals surface area contributed by atoms with Crippen LogP contribution in [0, 0.1) is 11.8 Å². The Morgan fingerprint density at radius 2 is 1.31 bits per heavy atom. The third-order valence-electron chi connectivity index (χ3n) is 5.04. The van der Waals surface area contributed by atoms with Crippen LogP contribution in [0.25, 0.3) is 0 Å². The van der Waals surface area contributed by atoms with Gasteiger partial charge in [-0.2, -0.15) is 52.7 Å². The van der Waals surface area contributed by atoms with Crippen molar-refractivity contribution in [1.29, 1.82) is 0 Å². The highest BCUT2D eigenvalue weighted by Crippen LogP contribution is 2.54. The van der Waals surface area contributed by atoms with Gasteiger partial charge in [-0.15, -0.1) is 0 Å². The number of hydrogen-bond acceptors (Lipinski definition) is 3. The van der Waals surface area contributed by atoms with Gasteiger partial charge in [-0.1, -0.05) is 6.58 Å². The SMILES string of the molecule is C=C(F)C(F)(F)OC(F)(C(F)(F)F)C(F)(F)OC(F)(COC1CCC2CC2C1)C(F)(F)F. The molecule has 2 saturated carbocycles. The average Bonchev–Trinajstić information content (AvgIpc) is 3.35. The van der Waals surface area contributed by atoms with Gasteiger partial charge in [-0.3, -0.25) is 9.47 Å². The second-order valence-electron chi connectivity index (χ2n) is 7.46. The Bertz CT molecular complexity index is 706. The van der Waals surface area contributed by atoms with Gasteiger partial charge < -0.3 is 4.74 Å². The maximum atomic E-state index is 14.3. The number of alkyl halides is 12. The standard InChI is InChI=1S/C16H15F13O3/c1-7(17)12(19,20)32-13(21,15(25,26)27)16(28,29)31-11(18,14(22,23)24)6-30-10-3-2-8-4-9(8)5-10/h8-10H,1-6H2. The van der Waals surface area contributed by atoms with E-state index < -0.39 is 54.8 Å². The fourth-order valence-electron chi connectivity index (χ4n) is 3.14. The summed E-state index contributed by atoms with van der Waals surface area (Å²) in [7, 11) is 0. The summed E-state index contributed by atoms with van der Waals surface area (Å²) in [6.07, 6.45) is -26.8. The van der Waals surface area contributed by atoms with Crippen LogP contribution in [-0.4, -0.2) is 49.0 Å². The van der Waals surface area contributed by atoms with Crippen LogP contribution in [0.4, 0.5) is 57.1 Å². The lowest BCUT2D eigenvalue weighted by Crippen LogP contribution is -2.65. The minimum Gasteiger partial charge on any atom is -0.372 e. The van der Waals surface area contributed by atoms with Gasteiger partial charge >= 0.3 is 36.3 Å². The topological polar surface area (TPSA) is 27.7 Å². The van der Waals surface area contributed by atoms with E-state index in [4.69, 9.17) is 0 Å². The first-order valence-electron chi connectivity index (χ1n) is 8.79. The quantitative estimate of drug-likeness (QED) is 0.344. The van der Waals surface area contributed by atoms with Crippen molar-refractivity contribution in [3.05, 3.63) is 12.4 Å². The van der Waals surface area contributed by atoms with E-state index in [2.05, 4.69) is 14.2 Å². The van der Waals surface area contributed by atoms with Gasteiger partial charge in [-0.05, 0) is 37.5 Å². The maximum absolute atomic E-state index is 14.3. The lowest BCUT2D eigenvalue weighted by Gasteiger charge is -2.39. The highest BCUT2D eigenvalue weighted by molar-refractivity contribution is 4.98. The monoisotopic (exact) mass is 502 g/mol. The van der Waals surface area contributed by atoms with E-state index in [1.807, 2.05) is 0 Å². The van der Waals surface area contributed by atoms with Crippen LogP contribution < -0.4 is 0 Å². The van der Waals surface area contributed by atoms with E-state index in [1.165, 1.54) is 0 Å². The van der Waals surface area contributed by atoms with Crippen molar-refractivity contribution in [3.8, 4) is 0 Å². The Morgan fingerprint density at radius 3 is 1.75 bits per heavy atom. The molecule has 0 spiro atoms. The van der Waals surface area contributed by atoms with Gasteiger partial charge in [-0.25, -0.2) is 4.39 Å². The van der Waals surface area contributed by atoms with E-state index in [9.17, 15) is 57.1 Å². The third-order valence-corrected chi connectivity index (χ3v) is 5.04. The third kappa shape index (κ3) is 5.26. The number of hydrogen-bond donors (Lipinski definition) is 0. The van der Waals surface area contributed by atoms with Gasteiger partial charge in [0.25, 0.3) is 0 Å². The lowest BCUT2D eigenvalue weighted by molar-refractivity contribution is -0.529. The first-order valence-corrected chi connectivity index (χ1v) is 8.79. The van der Waals surface area contributed by atoms with Crippen LogP contribution in [0.3, 0.4) is 0 Å². The molecule has 188 valence electrons. The highest BCUT2D eigenvalue weighted by atomic mass is 19.4. The molecule has 5 unspecified atom stereocenters. The van der Waals surface area contributed by atoms with Crippen LogP contribution in [0.5, 0.6) is 0 Å². The molecule has 0 amide bonds. The average molecular weight is 502 g/mol. The number of ether oxygens (including phenoxy) is 3. The van der Waals surface area contributed by atoms with Crippen LogP contribution in [-0.2, 0) is 14.2 Å². The zero-order valence-electron chi connectivity index (χ0n) is 15.6. The smallest absolute Gasteiger partial charge is 0.372 e. The summed E-state index contributed by atoms with van der Waals surface area (Å²) in [5.41, 5.74) is 0. The van der Waals surface area contributed by atoms with Gasteiger partial charge in [0, 0.05) is 0 Å². The Labute approximate surface area is 171 Å². The molecule has 0 aromatic heterocycles. The van der Waals surface area contributed by atoms with Gasteiger partial charge in [0.05, 0.1) is 6.10 Å². The molecule has 5 atom stereocenters. The van der Waals surface area contributed by atoms with Crippen LogP contribution in [0.15, 0.2) is 12.4 Å². The summed E-state index contributed by atoms with van der Waals surface area (Å²) >= 11 is 0. The van der Waals surface area contributed by atoms with Crippen molar-refractivity contribution < 1.29 is 71.3 Å². The molecule has 2 fully saturated rings. The zero-order chi connectivity index (χ0) is 25.0. The molecule has 2 aliphatic rings. The van der Waals surface area contributed by atoms with E-state index in [1.54, 1.807) is 6.58 Å². The van der Waals surface area contributed by atoms with Crippen LogP contribution in [0.2, 0.25) is 0 Å². The van der Waals surface area contributed by atoms with Crippen LogP contribution >= 0.6 is 0 Å². The Morgan fingerprint density at radius 1 is 0.750 bits per heavy atom. The highest BCUT2D eigenvalue weighted by Gasteiger charge is 2.80. The molecule has 16 heteroatoms. The molecule has 0 saturated heterocycles. The molecule has 0 heterocycles. The molecule has 0 aromatic rings. The molecular formula is C16H15F13O3. The van der Waals surface area contributed by atoms with Crippen LogP contribution in [0.1, 0.15) is 25.7 Å².